The minimum atomic E-state index is 0. The highest BCUT2D eigenvalue weighted by Crippen LogP contribution is 2.13. The van der Waals surface area contributed by atoms with Crippen LogP contribution in [0.4, 0.5) is 0 Å². The van der Waals surface area contributed by atoms with Gasteiger partial charge in [0.05, 0.1) is 0 Å². The number of amides is 1. The molecule has 2 aliphatic heterocycles. The number of piperidine rings is 1. The first-order valence-electron chi connectivity index (χ1n) is 5.95. The van der Waals surface area contributed by atoms with Gasteiger partial charge in [-0.3, -0.25) is 4.79 Å². The summed E-state index contributed by atoms with van der Waals surface area (Å²) in [6, 6.07) is 0.348. The second-order valence-electron chi connectivity index (χ2n) is 4.42. The van der Waals surface area contributed by atoms with Crippen molar-refractivity contribution in [2.45, 2.75) is 31.7 Å². The highest BCUT2D eigenvalue weighted by Gasteiger charge is 2.23. The molecule has 0 aliphatic carbocycles. The first kappa shape index (κ1) is 13.7. The van der Waals surface area contributed by atoms with Gasteiger partial charge in [0.25, 0.3) is 0 Å². The van der Waals surface area contributed by atoms with E-state index in [-0.39, 0.29) is 24.2 Å². The minimum Gasteiger partial charge on any atom is -0.381 e. The number of carbonyl (C=O) groups is 1. The normalized spacial score (nSPS) is 23.5. The van der Waals surface area contributed by atoms with Gasteiger partial charge in [-0.15, -0.1) is 12.4 Å². The number of hydrogen-bond acceptors (Lipinski definition) is 3. The number of halogens is 1. The highest BCUT2D eigenvalue weighted by atomic mass is 35.5. The summed E-state index contributed by atoms with van der Waals surface area (Å²) in [5.74, 6) is 0.484. The van der Waals surface area contributed by atoms with E-state index >= 15 is 0 Å². The molecule has 0 aromatic carbocycles. The van der Waals surface area contributed by atoms with Crippen LogP contribution in [0.15, 0.2) is 0 Å². The Morgan fingerprint density at radius 2 is 1.75 bits per heavy atom. The summed E-state index contributed by atoms with van der Waals surface area (Å²) in [6.07, 6.45) is 3.90. The van der Waals surface area contributed by atoms with Crippen LogP contribution in [0.1, 0.15) is 25.7 Å². The molecule has 4 nitrogen and oxygen atoms in total. The van der Waals surface area contributed by atoms with Crippen molar-refractivity contribution in [3.8, 4) is 0 Å². The first-order valence-corrected chi connectivity index (χ1v) is 5.95. The lowest BCUT2D eigenvalue weighted by atomic mass is 9.96. The summed E-state index contributed by atoms with van der Waals surface area (Å²) in [5.41, 5.74) is 0. The molecular weight excluding hydrogens is 228 g/mol. The molecule has 2 N–H and O–H groups in total. The lowest BCUT2D eigenvalue weighted by molar-refractivity contribution is -0.127. The molecule has 16 heavy (non-hydrogen) atoms. The topological polar surface area (TPSA) is 50.4 Å². The van der Waals surface area contributed by atoms with Crippen LogP contribution in [-0.2, 0) is 9.53 Å². The molecule has 94 valence electrons. The molecule has 0 saturated carbocycles. The average Bonchev–Trinajstić information content (AvgIpc) is 2.31. The maximum Gasteiger partial charge on any atom is 0.223 e. The Bertz CT molecular complexity index is 214. The van der Waals surface area contributed by atoms with Crippen molar-refractivity contribution in [1.29, 1.82) is 0 Å². The van der Waals surface area contributed by atoms with Crippen LogP contribution < -0.4 is 10.6 Å². The van der Waals surface area contributed by atoms with Crippen LogP contribution in [0.2, 0.25) is 0 Å². The predicted octanol–water partition coefficient (Wildman–Crippen LogP) is 0.703. The van der Waals surface area contributed by atoms with Gasteiger partial charge in [-0.1, -0.05) is 0 Å². The van der Waals surface area contributed by atoms with Crippen LogP contribution in [-0.4, -0.2) is 38.3 Å². The average molecular weight is 249 g/mol. The molecule has 0 aromatic rings. The molecule has 5 heteroatoms. The first-order chi connectivity index (χ1) is 7.36. The summed E-state index contributed by atoms with van der Waals surface area (Å²) in [6.45, 7) is 3.53. The van der Waals surface area contributed by atoms with Gasteiger partial charge < -0.3 is 15.4 Å². The van der Waals surface area contributed by atoms with E-state index in [9.17, 15) is 4.79 Å². The molecule has 2 aliphatic rings. The maximum absolute atomic E-state index is 11.9. The van der Waals surface area contributed by atoms with Crippen LogP contribution >= 0.6 is 12.4 Å². The molecule has 0 unspecified atom stereocenters. The summed E-state index contributed by atoms with van der Waals surface area (Å²) < 4.78 is 5.27. The molecule has 2 heterocycles. The van der Waals surface area contributed by atoms with Gasteiger partial charge in [0.15, 0.2) is 0 Å². The van der Waals surface area contributed by atoms with E-state index in [4.69, 9.17) is 4.74 Å². The fraction of sp³-hybridized carbons (Fsp3) is 0.909. The Kier molecular flexibility index (Phi) is 6.09. The Hall–Kier alpha value is -0.320. The van der Waals surface area contributed by atoms with Crippen molar-refractivity contribution < 1.29 is 9.53 Å². The van der Waals surface area contributed by atoms with Gasteiger partial charge in [0.1, 0.15) is 0 Å². The number of rotatable bonds is 2. The van der Waals surface area contributed by atoms with Crippen LogP contribution in [0.25, 0.3) is 0 Å². The zero-order chi connectivity index (χ0) is 10.5. The van der Waals surface area contributed by atoms with E-state index in [0.29, 0.717) is 6.04 Å². The summed E-state index contributed by atoms with van der Waals surface area (Å²) in [5, 5.41) is 6.42. The zero-order valence-corrected chi connectivity index (χ0v) is 10.4. The van der Waals surface area contributed by atoms with Crippen LogP contribution in [0.5, 0.6) is 0 Å². The van der Waals surface area contributed by atoms with Gasteiger partial charge in [0, 0.05) is 25.2 Å². The van der Waals surface area contributed by atoms with E-state index in [1.807, 2.05) is 0 Å². The van der Waals surface area contributed by atoms with Gasteiger partial charge in [-0.25, -0.2) is 0 Å². The Balaban J connectivity index is 0.00000128. The van der Waals surface area contributed by atoms with Gasteiger partial charge in [-0.2, -0.15) is 0 Å². The Morgan fingerprint density at radius 3 is 2.38 bits per heavy atom. The number of hydrogen-bond donors (Lipinski definition) is 2. The third-order valence-corrected chi connectivity index (χ3v) is 3.28. The number of nitrogens with one attached hydrogen (secondary N) is 2. The molecule has 2 saturated heterocycles. The quantitative estimate of drug-likeness (QED) is 0.757. The van der Waals surface area contributed by atoms with Crippen molar-refractivity contribution in [2.24, 2.45) is 5.92 Å². The van der Waals surface area contributed by atoms with Gasteiger partial charge in [-0.05, 0) is 38.8 Å². The number of ether oxygens (including phenoxy) is 1. The van der Waals surface area contributed by atoms with Gasteiger partial charge >= 0.3 is 0 Å². The second kappa shape index (κ2) is 7.09. The van der Waals surface area contributed by atoms with Crippen molar-refractivity contribution in [3.05, 3.63) is 0 Å². The standard InChI is InChI=1S/C11H20N2O2.ClH/c14-11(9-1-5-12-6-2-9)13-10-3-7-15-8-4-10;/h9-10,12H,1-8H2,(H,13,14);1H. The molecule has 1 amide bonds. The molecule has 0 bridgehead atoms. The predicted molar refractivity (Wildman–Crippen MR) is 64.8 cm³/mol. The lowest BCUT2D eigenvalue weighted by Crippen LogP contribution is -2.44. The molecule has 2 fully saturated rings. The van der Waals surface area contributed by atoms with Crippen molar-refractivity contribution in [3.63, 3.8) is 0 Å². The van der Waals surface area contributed by atoms with Crippen molar-refractivity contribution >= 4 is 18.3 Å². The van der Waals surface area contributed by atoms with Crippen LogP contribution in [0.3, 0.4) is 0 Å². The molecule has 2 rings (SSSR count). The largest absolute Gasteiger partial charge is 0.381 e. The highest BCUT2D eigenvalue weighted by molar-refractivity contribution is 5.85. The van der Waals surface area contributed by atoms with E-state index in [1.165, 1.54) is 0 Å². The maximum atomic E-state index is 11.9. The van der Waals surface area contributed by atoms with Crippen LogP contribution in [0, 0.1) is 5.92 Å². The minimum absolute atomic E-state index is 0. The molecule has 0 atom stereocenters. The van der Waals surface area contributed by atoms with Crippen molar-refractivity contribution in [1.82, 2.24) is 10.6 Å². The van der Waals surface area contributed by atoms with Gasteiger partial charge in [0.2, 0.25) is 5.91 Å². The molecular formula is C11H21ClN2O2. The van der Waals surface area contributed by atoms with E-state index < -0.39 is 0 Å². The summed E-state index contributed by atoms with van der Waals surface area (Å²) in [7, 11) is 0. The second-order valence-corrected chi connectivity index (χ2v) is 4.42. The van der Waals surface area contributed by atoms with Crippen molar-refractivity contribution in [2.75, 3.05) is 26.3 Å². The molecule has 0 spiro atoms. The zero-order valence-electron chi connectivity index (χ0n) is 9.54. The molecule has 0 radical (unpaired) electrons. The molecule has 0 aromatic heterocycles. The monoisotopic (exact) mass is 248 g/mol. The number of carbonyl (C=O) groups excluding carboxylic acids is 1. The van der Waals surface area contributed by atoms with E-state index in [0.717, 1.165) is 52.0 Å². The Morgan fingerprint density at radius 1 is 1.12 bits per heavy atom. The van der Waals surface area contributed by atoms with E-state index in [2.05, 4.69) is 10.6 Å². The Labute approximate surface area is 103 Å². The fourth-order valence-corrected chi connectivity index (χ4v) is 2.25. The summed E-state index contributed by atoms with van der Waals surface area (Å²) in [4.78, 5) is 11.9. The lowest BCUT2D eigenvalue weighted by Gasteiger charge is -2.27. The smallest absolute Gasteiger partial charge is 0.223 e. The fourth-order valence-electron chi connectivity index (χ4n) is 2.25. The third-order valence-electron chi connectivity index (χ3n) is 3.28. The SMILES string of the molecule is Cl.O=C(NC1CCOCC1)C1CCNCC1. The summed E-state index contributed by atoms with van der Waals surface area (Å²) >= 11 is 0. The third kappa shape index (κ3) is 3.92. The van der Waals surface area contributed by atoms with E-state index in [1.54, 1.807) is 0 Å².